The van der Waals surface area contributed by atoms with Crippen molar-refractivity contribution < 1.29 is 31.2 Å². The van der Waals surface area contributed by atoms with Crippen molar-refractivity contribution in [3.05, 3.63) is 65.1 Å². The van der Waals surface area contributed by atoms with Crippen molar-refractivity contribution in [2.45, 2.75) is 33.4 Å². The molecular weight excluding hydrogens is 499 g/mol. The third-order valence-corrected chi connectivity index (χ3v) is 6.13. The van der Waals surface area contributed by atoms with Gasteiger partial charge in [0, 0.05) is 11.9 Å². The van der Waals surface area contributed by atoms with Gasteiger partial charge in [-0.15, -0.1) is 0 Å². The van der Waals surface area contributed by atoms with Gasteiger partial charge in [0.15, 0.2) is 17.3 Å². The number of rotatable bonds is 8. The Hall–Kier alpha value is -3.45. The van der Waals surface area contributed by atoms with Crippen LogP contribution in [-0.4, -0.2) is 48.4 Å². The lowest BCUT2D eigenvalue weighted by atomic mass is 9.86. The van der Waals surface area contributed by atoms with Crippen molar-refractivity contribution in [2.24, 2.45) is 10.6 Å². The molecule has 36 heavy (non-hydrogen) atoms. The van der Waals surface area contributed by atoms with Crippen LogP contribution in [0.2, 0.25) is 0 Å². The number of carbonyl (C=O) groups is 2. The number of nitrogens with two attached hydrogens (primary N) is 1. The van der Waals surface area contributed by atoms with Gasteiger partial charge in [-0.2, -0.15) is 5.10 Å². The third-order valence-electron chi connectivity index (χ3n) is 5.35. The van der Waals surface area contributed by atoms with Gasteiger partial charge in [0.05, 0.1) is 12.3 Å². The number of halogens is 3. The molecule has 0 aliphatic carbocycles. The van der Waals surface area contributed by atoms with Crippen molar-refractivity contribution >= 4 is 32.7 Å². The van der Waals surface area contributed by atoms with Gasteiger partial charge in [0.25, 0.3) is 5.91 Å². The van der Waals surface area contributed by atoms with Gasteiger partial charge in [-0.1, -0.05) is 32.9 Å². The molecule has 1 aromatic heterocycles. The molecule has 0 saturated carbocycles. The quantitative estimate of drug-likeness (QED) is 0.414. The molecule has 0 spiro atoms. The SMILES string of the molecule is CC(C)(C)[C@H](NC(=O)c1nn(Cc2ccc(F)cc2)c2c(F)c(F)ccc12)C(=O)NCCS(N)(=O)=O. The maximum Gasteiger partial charge on any atom is 0.273 e. The first-order chi connectivity index (χ1) is 16.7. The minimum Gasteiger partial charge on any atom is -0.353 e. The van der Waals surface area contributed by atoms with E-state index in [1.807, 2.05) is 0 Å². The fourth-order valence-corrected chi connectivity index (χ4v) is 3.93. The highest BCUT2D eigenvalue weighted by molar-refractivity contribution is 7.89. The topological polar surface area (TPSA) is 136 Å². The van der Waals surface area contributed by atoms with E-state index in [9.17, 15) is 31.2 Å². The highest BCUT2D eigenvalue weighted by Gasteiger charge is 2.34. The average Bonchev–Trinajstić information content (AvgIpc) is 3.13. The van der Waals surface area contributed by atoms with Gasteiger partial charge in [0.1, 0.15) is 17.4 Å². The van der Waals surface area contributed by atoms with Gasteiger partial charge >= 0.3 is 0 Å². The summed E-state index contributed by atoms with van der Waals surface area (Å²) in [6.07, 6.45) is 0. The van der Waals surface area contributed by atoms with E-state index in [-0.39, 0.29) is 29.7 Å². The number of carbonyl (C=O) groups excluding carboxylic acids is 2. The molecule has 0 radical (unpaired) electrons. The molecule has 4 N–H and O–H groups in total. The normalized spacial score (nSPS) is 13.0. The van der Waals surface area contributed by atoms with Gasteiger partial charge in [-0.25, -0.2) is 26.7 Å². The first-order valence-corrected chi connectivity index (χ1v) is 12.6. The first kappa shape index (κ1) is 27.1. The standard InChI is InChI=1S/C23H26F3N5O4S/c1-23(2,3)20(22(33)28-10-11-36(27,34)35)29-21(32)18-15-8-9-16(25)17(26)19(15)31(30-18)12-13-4-6-14(24)7-5-13/h4-9,20H,10-12H2,1-3H3,(H,28,33)(H,29,32)(H2,27,34,35)/t20-/m1/s1. The molecular formula is C23H26F3N5O4S. The van der Waals surface area contributed by atoms with E-state index >= 15 is 0 Å². The number of nitrogens with one attached hydrogen (secondary N) is 2. The molecule has 2 aromatic carbocycles. The van der Waals surface area contributed by atoms with Crippen LogP contribution in [-0.2, 0) is 21.4 Å². The van der Waals surface area contributed by atoms with E-state index in [4.69, 9.17) is 5.14 Å². The highest BCUT2D eigenvalue weighted by Crippen LogP contribution is 2.26. The number of sulfonamides is 1. The number of hydrogen-bond donors (Lipinski definition) is 3. The van der Waals surface area contributed by atoms with Crippen LogP contribution < -0.4 is 15.8 Å². The zero-order valence-electron chi connectivity index (χ0n) is 19.8. The fourth-order valence-electron chi connectivity index (χ4n) is 3.55. The Balaban J connectivity index is 1.94. The molecule has 194 valence electrons. The molecule has 2 amide bonds. The maximum absolute atomic E-state index is 14.8. The van der Waals surface area contributed by atoms with Crippen LogP contribution in [0.4, 0.5) is 13.2 Å². The van der Waals surface area contributed by atoms with Crippen LogP contribution >= 0.6 is 0 Å². The summed E-state index contributed by atoms with van der Waals surface area (Å²) in [5.74, 6) is -4.81. The summed E-state index contributed by atoms with van der Waals surface area (Å²) in [7, 11) is -3.81. The summed E-state index contributed by atoms with van der Waals surface area (Å²) in [6, 6.07) is 6.23. The summed E-state index contributed by atoms with van der Waals surface area (Å²) >= 11 is 0. The molecule has 0 bridgehead atoms. The molecule has 0 fully saturated rings. The lowest BCUT2D eigenvalue weighted by Gasteiger charge is -2.30. The van der Waals surface area contributed by atoms with Crippen LogP contribution in [0.5, 0.6) is 0 Å². The molecule has 0 unspecified atom stereocenters. The van der Waals surface area contributed by atoms with E-state index in [1.165, 1.54) is 30.3 Å². The third kappa shape index (κ3) is 6.40. The zero-order valence-corrected chi connectivity index (χ0v) is 20.6. The van der Waals surface area contributed by atoms with Gasteiger partial charge < -0.3 is 10.6 Å². The van der Waals surface area contributed by atoms with Gasteiger partial charge in [0.2, 0.25) is 15.9 Å². The molecule has 13 heteroatoms. The maximum atomic E-state index is 14.8. The van der Waals surface area contributed by atoms with E-state index in [2.05, 4.69) is 15.7 Å². The number of amides is 2. The van der Waals surface area contributed by atoms with Crippen LogP contribution in [0.1, 0.15) is 36.8 Å². The number of primary sulfonamides is 1. The minimum absolute atomic E-state index is 0.0100. The van der Waals surface area contributed by atoms with E-state index in [0.717, 1.165) is 10.7 Å². The fraction of sp³-hybridized carbons (Fsp3) is 0.348. The number of aromatic nitrogens is 2. The Bertz CT molecular complexity index is 1400. The molecule has 0 aliphatic rings. The number of benzene rings is 2. The van der Waals surface area contributed by atoms with Gasteiger partial charge in [-0.3, -0.25) is 14.3 Å². The van der Waals surface area contributed by atoms with Crippen molar-refractivity contribution in [3.63, 3.8) is 0 Å². The van der Waals surface area contributed by atoms with Crippen molar-refractivity contribution in [1.29, 1.82) is 0 Å². The largest absolute Gasteiger partial charge is 0.353 e. The summed E-state index contributed by atoms with van der Waals surface area (Å²) in [5, 5.41) is 14.1. The monoisotopic (exact) mass is 525 g/mol. The van der Waals surface area contributed by atoms with Crippen LogP contribution in [0, 0.1) is 22.9 Å². The molecule has 0 saturated heterocycles. The molecule has 3 rings (SSSR count). The molecule has 9 nitrogen and oxygen atoms in total. The second kappa shape index (κ2) is 10.3. The molecule has 3 aromatic rings. The van der Waals surface area contributed by atoms with Crippen LogP contribution in [0.25, 0.3) is 10.9 Å². The predicted molar refractivity (Wildman–Crippen MR) is 127 cm³/mol. The second-order valence-corrected chi connectivity index (χ2v) is 11.1. The van der Waals surface area contributed by atoms with Crippen LogP contribution in [0.3, 0.4) is 0 Å². The van der Waals surface area contributed by atoms with E-state index in [0.29, 0.717) is 5.56 Å². The first-order valence-electron chi connectivity index (χ1n) is 10.9. The zero-order chi connectivity index (χ0) is 26.8. The van der Waals surface area contributed by atoms with Crippen molar-refractivity contribution in [3.8, 4) is 0 Å². The molecule has 0 aliphatic heterocycles. The summed E-state index contributed by atoms with van der Waals surface area (Å²) in [4.78, 5) is 26.0. The Morgan fingerprint density at radius 3 is 2.31 bits per heavy atom. The van der Waals surface area contributed by atoms with Crippen LogP contribution in [0.15, 0.2) is 36.4 Å². The van der Waals surface area contributed by atoms with Gasteiger partial charge in [-0.05, 0) is 35.2 Å². The molecule has 1 atom stereocenters. The Morgan fingerprint density at radius 2 is 1.72 bits per heavy atom. The summed E-state index contributed by atoms with van der Waals surface area (Å²) < 4.78 is 65.4. The molecule has 1 heterocycles. The second-order valence-electron chi connectivity index (χ2n) is 9.32. The van der Waals surface area contributed by atoms with Crippen molar-refractivity contribution in [2.75, 3.05) is 12.3 Å². The Morgan fingerprint density at radius 1 is 1.08 bits per heavy atom. The average molecular weight is 526 g/mol. The Labute approximate surface area is 205 Å². The smallest absolute Gasteiger partial charge is 0.273 e. The minimum atomic E-state index is -3.81. The van der Waals surface area contributed by atoms with E-state index in [1.54, 1.807) is 20.8 Å². The van der Waals surface area contributed by atoms with E-state index < -0.39 is 56.5 Å². The number of fused-ring (bicyclic) bond motifs is 1. The summed E-state index contributed by atoms with van der Waals surface area (Å²) in [6.45, 7) is 4.69. The lowest BCUT2D eigenvalue weighted by molar-refractivity contribution is -0.125. The Kier molecular flexibility index (Phi) is 7.74. The highest BCUT2D eigenvalue weighted by atomic mass is 32.2. The summed E-state index contributed by atoms with van der Waals surface area (Å²) in [5.41, 5.74) is -0.809. The number of nitrogens with zero attached hydrogens (tertiary/aromatic N) is 2. The van der Waals surface area contributed by atoms with Crippen molar-refractivity contribution in [1.82, 2.24) is 20.4 Å². The number of hydrogen-bond acceptors (Lipinski definition) is 5. The predicted octanol–water partition coefficient (Wildman–Crippen LogP) is 2.05. The lowest BCUT2D eigenvalue weighted by Crippen LogP contribution is -2.54.